The fourth-order valence-electron chi connectivity index (χ4n) is 5.07. The lowest BCUT2D eigenvalue weighted by Crippen LogP contribution is -2.32. The van der Waals surface area contributed by atoms with Crippen molar-refractivity contribution in [2.24, 2.45) is 17.8 Å². The summed E-state index contributed by atoms with van der Waals surface area (Å²) in [6.07, 6.45) is 9.91. The van der Waals surface area contributed by atoms with E-state index < -0.39 is 0 Å². The lowest BCUT2D eigenvalue weighted by Gasteiger charge is -2.30. The van der Waals surface area contributed by atoms with Crippen LogP contribution >= 0.6 is 0 Å². The summed E-state index contributed by atoms with van der Waals surface area (Å²) in [7, 11) is 0. The van der Waals surface area contributed by atoms with E-state index >= 15 is 0 Å². The largest absolute Gasteiger partial charge is 0.371 e. The third-order valence-electron chi connectivity index (χ3n) is 5.76. The first-order chi connectivity index (χ1) is 7.78. The summed E-state index contributed by atoms with van der Waals surface area (Å²) in [5.74, 6) is 2.23. The quantitative estimate of drug-likeness (QED) is 0.627. The highest BCUT2D eigenvalue weighted by Crippen LogP contribution is 2.57. The van der Waals surface area contributed by atoms with Gasteiger partial charge in [-0.1, -0.05) is 6.42 Å². The van der Waals surface area contributed by atoms with Crippen molar-refractivity contribution in [2.45, 2.75) is 63.1 Å². The molecular formula is C14H20O2. The Morgan fingerprint density at radius 3 is 3.06 bits per heavy atom. The van der Waals surface area contributed by atoms with E-state index in [0.717, 1.165) is 25.2 Å². The maximum Gasteiger partial charge on any atom is 0.138 e. The topological polar surface area (TPSA) is 26.3 Å². The standard InChI is InChI=1S/C14H20O2/c15-11-4-3-9-8-10-2-1-6-14(10)7-5-12(16-14)13(9)11/h9-10,12-13H,1-8H2/t9?,10?,12-,13?,14+/m1/s1. The second-order valence-corrected chi connectivity index (χ2v) is 6.38. The molecule has 2 bridgehead atoms. The van der Waals surface area contributed by atoms with Crippen molar-refractivity contribution < 1.29 is 9.53 Å². The van der Waals surface area contributed by atoms with E-state index in [4.69, 9.17) is 4.74 Å². The fraction of sp³-hybridized carbons (Fsp3) is 0.929. The van der Waals surface area contributed by atoms with Gasteiger partial charge in [-0.2, -0.15) is 0 Å². The van der Waals surface area contributed by atoms with Gasteiger partial charge in [0.05, 0.1) is 11.7 Å². The molecular weight excluding hydrogens is 200 g/mol. The summed E-state index contributed by atoms with van der Waals surface area (Å²) in [4.78, 5) is 12.0. The minimum Gasteiger partial charge on any atom is -0.371 e. The van der Waals surface area contributed by atoms with Crippen LogP contribution in [0.1, 0.15) is 51.4 Å². The predicted octanol–water partition coefficient (Wildman–Crippen LogP) is 2.70. The van der Waals surface area contributed by atoms with Crippen LogP contribution in [0.15, 0.2) is 0 Å². The number of ether oxygens (including phenoxy) is 1. The summed E-state index contributed by atoms with van der Waals surface area (Å²) in [6, 6.07) is 0. The number of fused-ring (bicyclic) bond motifs is 3. The molecule has 4 aliphatic rings. The lowest BCUT2D eigenvalue weighted by atomic mass is 9.75. The van der Waals surface area contributed by atoms with Crippen LogP contribution in [-0.2, 0) is 9.53 Å². The maximum absolute atomic E-state index is 12.0. The van der Waals surface area contributed by atoms with Crippen molar-refractivity contribution in [1.29, 1.82) is 0 Å². The molecule has 0 amide bonds. The second-order valence-electron chi connectivity index (χ2n) is 6.38. The van der Waals surface area contributed by atoms with Gasteiger partial charge in [-0.15, -0.1) is 0 Å². The molecule has 2 saturated heterocycles. The van der Waals surface area contributed by atoms with Gasteiger partial charge >= 0.3 is 0 Å². The van der Waals surface area contributed by atoms with Crippen LogP contribution in [0.25, 0.3) is 0 Å². The van der Waals surface area contributed by atoms with E-state index in [1.165, 1.54) is 32.1 Å². The highest BCUT2D eigenvalue weighted by atomic mass is 16.5. The van der Waals surface area contributed by atoms with Crippen molar-refractivity contribution in [3.63, 3.8) is 0 Å². The van der Waals surface area contributed by atoms with Gasteiger partial charge in [0.2, 0.25) is 0 Å². The number of carbonyl (C=O) groups is 1. The van der Waals surface area contributed by atoms with E-state index in [0.29, 0.717) is 17.8 Å². The van der Waals surface area contributed by atoms with Gasteiger partial charge in [-0.3, -0.25) is 4.79 Å². The van der Waals surface area contributed by atoms with Crippen LogP contribution in [0.3, 0.4) is 0 Å². The van der Waals surface area contributed by atoms with E-state index in [1.54, 1.807) is 0 Å². The Kier molecular flexibility index (Phi) is 1.86. The van der Waals surface area contributed by atoms with E-state index in [2.05, 4.69) is 0 Å². The van der Waals surface area contributed by atoms with E-state index in [9.17, 15) is 4.79 Å². The average Bonchev–Trinajstić information content (AvgIpc) is 2.90. The number of rotatable bonds is 0. The van der Waals surface area contributed by atoms with Crippen molar-refractivity contribution in [3.8, 4) is 0 Å². The first-order valence-corrected chi connectivity index (χ1v) is 6.99. The number of Topliss-reactive ketones (excluding diaryl/α,β-unsaturated/α-hetero) is 1. The lowest BCUT2D eigenvalue weighted by molar-refractivity contribution is -0.128. The molecule has 0 N–H and O–H groups in total. The molecule has 2 heterocycles. The maximum atomic E-state index is 12.0. The van der Waals surface area contributed by atoms with Crippen molar-refractivity contribution >= 4 is 5.78 Å². The highest BCUT2D eigenvalue weighted by Gasteiger charge is 2.57. The van der Waals surface area contributed by atoms with Crippen molar-refractivity contribution in [2.75, 3.05) is 0 Å². The molecule has 4 fully saturated rings. The normalized spacial score (nSPS) is 54.9. The molecule has 0 aromatic carbocycles. The Morgan fingerprint density at radius 2 is 2.12 bits per heavy atom. The zero-order valence-corrected chi connectivity index (χ0v) is 9.78. The number of hydrogen-bond acceptors (Lipinski definition) is 2. The first kappa shape index (κ1) is 9.64. The zero-order chi connectivity index (χ0) is 10.8. The van der Waals surface area contributed by atoms with E-state index in [-0.39, 0.29) is 11.5 Å². The molecule has 2 nitrogen and oxygen atoms in total. The van der Waals surface area contributed by atoms with Crippen LogP contribution in [0.4, 0.5) is 0 Å². The Bertz CT molecular complexity index is 338. The molecule has 4 rings (SSSR count). The van der Waals surface area contributed by atoms with Crippen LogP contribution in [0, 0.1) is 17.8 Å². The average molecular weight is 220 g/mol. The minimum absolute atomic E-state index is 0.218. The zero-order valence-electron chi connectivity index (χ0n) is 9.78. The molecule has 2 saturated carbocycles. The van der Waals surface area contributed by atoms with Crippen LogP contribution in [0.2, 0.25) is 0 Å². The molecule has 88 valence electrons. The molecule has 5 atom stereocenters. The molecule has 0 aromatic heterocycles. The second kappa shape index (κ2) is 3.10. The van der Waals surface area contributed by atoms with Crippen LogP contribution in [0.5, 0.6) is 0 Å². The van der Waals surface area contributed by atoms with Gasteiger partial charge in [0, 0.05) is 12.3 Å². The van der Waals surface area contributed by atoms with Crippen molar-refractivity contribution in [3.05, 3.63) is 0 Å². The summed E-state index contributed by atoms with van der Waals surface area (Å²) < 4.78 is 6.40. The van der Waals surface area contributed by atoms with Gasteiger partial charge in [0.25, 0.3) is 0 Å². The van der Waals surface area contributed by atoms with Gasteiger partial charge in [-0.05, 0) is 50.4 Å². The van der Waals surface area contributed by atoms with Crippen molar-refractivity contribution in [1.82, 2.24) is 0 Å². The van der Waals surface area contributed by atoms with Gasteiger partial charge in [0.1, 0.15) is 5.78 Å². The van der Waals surface area contributed by atoms with Crippen LogP contribution in [-0.4, -0.2) is 17.5 Å². The first-order valence-electron chi connectivity index (χ1n) is 6.99. The molecule has 0 aromatic rings. The van der Waals surface area contributed by atoms with Crippen LogP contribution < -0.4 is 0 Å². The number of ketones is 1. The Labute approximate surface area is 96.7 Å². The summed E-state index contributed by atoms with van der Waals surface area (Å²) in [5, 5.41) is 0. The summed E-state index contributed by atoms with van der Waals surface area (Å²) in [6.45, 7) is 0. The molecule has 3 unspecified atom stereocenters. The Hall–Kier alpha value is -0.370. The van der Waals surface area contributed by atoms with Gasteiger partial charge < -0.3 is 4.74 Å². The third kappa shape index (κ3) is 1.09. The summed E-state index contributed by atoms with van der Waals surface area (Å²) >= 11 is 0. The predicted molar refractivity (Wildman–Crippen MR) is 60.0 cm³/mol. The molecule has 1 spiro atoms. The summed E-state index contributed by atoms with van der Waals surface area (Å²) in [5.41, 5.74) is 0.218. The fourth-order valence-corrected chi connectivity index (χ4v) is 5.07. The smallest absolute Gasteiger partial charge is 0.138 e. The molecule has 2 aliphatic heterocycles. The molecule has 2 heteroatoms. The van der Waals surface area contributed by atoms with Gasteiger partial charge in [0.15, 0.2) is 0 Å². The highest BCUT2D eigenvalue weighted by molar-refractivity contribution is 5.84. The Morgan fingerprint density at radius 1 is 1.19 bits per heavy atom. The Balaban J connectivity index is 1.72. The molecule has 0 radical (unpaired) electrons. The monoisotopic (exact) mass is 220 g/mol. The molecule has 16 heavy (non-hydrogen) atoms. The molecule has 2 aliphatic carbocycles. The SMILES string of the molecule is O=C1CCC2CC3CCC[C@]34CC[C@@H](O4)C12. The van der Waals surface area contributed by atoms with Gasteiger partial charge in [-0.25, -0.2) is 0 Å². The van der Waals surface area contributed by atoms with E-state index in [1.807, 2.05) is 0 Å². The number of carbonyl (C=O) groups excluding carboxylic acids is 1. The number of hydrogen-bond donors (Lipinski definition) is 0. The minimum atomic E-state index is 0.218. The third-order valence-corrected chi connectivity index (χ3v) is 5.76.